The minimum absolute atomic E-state index is 0.122. The highest BCUT2D eigenvalue weighted by molar-refractivity contribution is 8.31. The van der Waals surface area contributed by atoms with Crippen LogP contribution in [0.15, 0.2) is 18.2 Å². The first kappa shape index (κ1) is 9.72. The Balaban J connectivity index is 2.93. The summed E-state index contributed by atoms with van der Waals surface area (Å²) in [5, 5.41) is -0.122. The summed E-state index contributed by atoms with van der Waals surface area (Å²) >= 11 is 1.49. The summed E-state index contributed by atoms with van der Waals surface area (Å²) in [6.45, 7) is -0.627. The van der Waals surface area contributed by atoms with Crippen LogP contribution in [-0.4, -0.2) is 25.3 Å². The number of aromatic nitrogens is 1. The molecule has 0 amide bonds. The number of rotatable bonds is 2. The predicted molar refractivity (Wildman–Crippen MR) is 48.1 cm³/mol. The molecular weight excluding hydrogens is 192 g/mol. The van der Waals surface area contributed by atoms with E-state index in [1.165, 1.54) is 15.2 Å². The molecule has 0 aliphatic rings. The van der Waals surface area contributed by atoms with Crippen molar-refractivity contribution in [1.82, 2.24) is 4.98 Å². The first-order valence-electron chi connectivity index (χ1n) is 3.26. The number of carbonyl (C=O) groups excluding carboxylic acids is 1. The quantitative estimate of drug-likeness (QED) is 0.670. The van der Waals surface area contributed by atoms with Crippen molar-refractivity contribution in [2.24, 2.45) is 0 Å². The first-order valence-corrected chi connectivity index (χ1v) is 5.98. The van der Waals surface area contributed by atoms with Crippen molar-refractivity contribution >= 4 is 30.4 Å². The van der Waals surface area contributed by atoms with Gasteiger partial charge in [-0.2, -0.15) is 0 Å². The van der Waals surface area contributed by atoms with E-state index >= 15 is 0 Å². The minimum Gasteiger partial charge on any atom is -0.282 e. The highest BCUT2D eigenvalue weighted by atomic mass is 32.3. The van der Waals surface area contributed by atoms with Gasteiger partial charge in [0, 0.05) is 0 Å². The fraction of sp³-hybridized carbons (Fsp3) is 0.143. The molecule has 0 aromatic carbocycles. The van der Waals surface area contributed by atoms with E-state index in [0.29, 0.717) is 11.4 Å². The summed E-state index contributed by atoms with van der Waals surface area (Å²) in [5.41, 5.74) is 0.628. The molecule has 1 rings (SSSR count). The molecule has 0 saturated heterocycles. The van der Waals surface area contributed by atoms with Gasteiger partial charge >= 0.3 is 0 Å². The second-order valence-electron chi connectivity index (χ2n) is 2.08. The Hall–Kier alpha value is -0.368. The zero-order chi connectivity index (χ0) is 8.97. The van der Waals surface area contributed by atoms with E-state index < -0.39 is 6.67 Å². The van der Waals surface area contributed by atoms with Crippen LogP contribution in [0, 0.1) is 0 Å². The normalized spacial score (nSPS) is 9.75. The molecule has 0 saturated carbocycles. The molecule has 0 unspecified atom stereocenters. The van der Waals surface area contributed by atoms with Gasteiger partial charge in [-0.25, -0.2) is 19.5 Å². The van der Waals surface area contributed by atoms with Gasteiger partial charge in [0.2, 0.25) is 5.12 Å². The third-order valence-corrected chi connectivity index (χ3v) is 2.54. The van der Waals surface area contributed by atoms with Gasteiger partial charge in [0.15, 0.2) is 0 Å². The number of carbonyl (C=O) groups is 1. The number of hydrogen-bond donors (Lipinski definition) is 0. The lowest BCUT2D eigenvalue weighted by molar-refractivity contribution is 0.108. The van der Waals surface area contributed by atoms with Gasteiger partial charge in [0.25, 0.3) is 15.2 Å². The standard InChI is InChI=1S/C7H6FNOS.Al.H/c8-4-5-2-1-3-6(9-5)7(10)11;;/h1-3H,4H2,(H,10,11);;/q;+1;/p-1. The lowest BCUT2D eigenvalue weighted by Crippen LogP contribution is -1.98. The molecular formula is C7H6AlFNOS. The molecule has 0 bridgehead atoms. The van der Waals surface area contributed by atoms with Crippen molar-refractivity contribution in [3.8, 4) is 0 Å². The lowest BCUT2D eigenvalue weighted by Gasteiger charge is -1.98. The van der Waals surface area contributed by atoms with Crippen LogP contribution in [0.2, 0.25) is 0 Å². The van der Waals surface area contributed by atoms with Crippen LogP contribution in [0.5, 0.6) is 0 Å². The summed E-state index contributed by atoms with van der Waals surface area (Å²) in [7, 11) is 1.10. The Kier molecular flexibility index (Phi) is 3.73. The molecule has 5 heteroatoms. The third kappa shape index (κ3) is 2.31. The van der Waals surface area contributed by atoms with Crippen molar-refractivity contribution in [2.75, 3.05) is 0 Å². The minimum atomic E-state index is -0.627. The van der Waals surface area contributed by atoms with Gasteiger partial charge in [-0.05, 0) is 12.1 Å². The molecule has 0 fully saturated rings. The maximum atomic E-state index is 12.1. The number of pyridine rings is 1. The summed E-state index contributed by atoms with van der Waals surface area (Å²) in [5.74, 6) is 0. The number of alkyl halides is 1. The van der Waals surface area contributed by atoms with Crippen LogP contribution in [-0.2, 0) is 6.67 Å². The molecule has 1 radical (unpaired) electrons. The van der Waals surface area contributed by atoms with Crippen LogP contribution >= 0.6 is 10.1 Å². The van der Waals surface area contributed by atoms with Crippen molar-refractivity contribution in [3.05, 3.63) is 29.6 Å². The maximum absolute atomic E-state index is 12.1. The summed E-state index contributed by atoms with van der Waals surface area (Å²) in [4.78, 5) is 14.9. The number of hydrogen-bond acceptors (Lipinski definition) is 3. The fourth-order valence-electron chi connectivity index (χ4n) is 0.742. The Morgan fingerprint density at radius 2 is 2.42 bits per heavy atom. The van der Waals surface area contributed by atoms with Crippen molar-refractivity contribution < 1.29 is 9.18 Å². The maximum Gasteiger partial charge on any atom is 0.287 e. The Labute approximate surface area is 81.0 Å². The molecule has 12 heavy (non-hydrogen) atoms. The summed E-state index contributed by atoms with van der Waals surface area (Å²) < 4.78 is 12.1. The highest BCUT2D eigenvalue weighted by Crippen LogP contribution is 2.07. The fourth-order valence-corrected chi connectivity index (χ4v) is 1.45. The molecule has 1 aromatic rings. The van der Waals surface area contributed by atoms with E-state index in [1.807, 2.05) is 0 Å². The average molecular weight is 198 g/mol. The molecule has 1 heterocycles. The molecule has 0 aliphatic heterocycles. The molecule has 1 aromatic heterocycles. The van der Waals surface area contributed by atoms with Crippen molar-refractivity contribution in [3.63, 3.8) is 0 Å². The monoisotopic (exact) mass is 198 g/mol. The van der Waals surface area contributed by atoms with Crippen molar-refractivity contribution in [1.29, 1.82) is 0 Å². The smallest absolute Gasteiger partial charge is 0.282 e. The van der Waals surface area contributed by atoms with Gasteiger partial charge in [-0.3, -0.25) is 4.79 Å². The zero-order valence-electron chi connectivity index (χ0n) is 6.29. The van der Waals surface area contributed by atoms with E-state index in [9.17, 15) is 9.18 Å². The summed E-state index contributed by atoms with van der Waals surface area (Å²) in [6, 6.07) is 4.77. The van der Waals surface area contributed by atoms with Crippen LogP contribution in [0.4, 0.5) is 4.39 Å². The number of nitrogens with zero attached hydrogens (tertiary/aromatic N) is 1. The molecule has 0 spiro atoms. The van der Waals surface area contributed by atoms with Gasteiger partial charge in [0.1, 0.15) is 12.4 Å². The van der Waals surface area contributed by atoms with Gasteiger partial charge < -0.3 is 0 Å². The van der Waals surface area contributed by atoms with E-state index in [1.54, 1.807) is 18.2 Å². The van der Waals surface area contributed by atoms with Crippen LogP contribution in [0.3, 0.4) is 0 Å². The molecule has 61 valence electrons. The van der Waals surface area contributed by atoms with Gasteiger partial charge in [-0.1, -0.05) is 6.07 Å². The van der Waals surface area contributed by atoms with E-state index in [-0.39, 0.29) is 5.12 Å². The first-order chi connectivity index (χ1) is 5.77. The Morgan fingerprint density at radius 3 is 3.00 bits per heavy atom. The largest absolute Gasteiger partial charge is 0.287 e. The SMILES string of the molecule is O=C([S][AlH])c1cccc(CF)n1. The Morgan fingerprint density at radius 1 is 1.67 bits per heavy atom. The van der Waals surface area contributed by atoms with E-state index in [4.69, 9.17) is 0 Å². The lowest BCUT2D eigenvalue weighted by atomic mass is 10.3. The summed E-state index contributed by atoms with van der Waals surface area (Å²) in [6.07, 6.45) is 0. The van der Waals surface area contributed by atoms with Crippen LogP contribution in [0.25, 0.3) is 0 Å². The predicted octanol–water partition coefficient (Wildman–Crippen LogP) is 1.24. The molecule has 0 N–H and O–H groups in total. The van der Waals surface area contributed by atoms with Crippen molar-refractivity contribution in [2.45, 2.75) is 6.67 Å². The van der Waals surface area contributed by atoms with E-state index in [0.717, 1.165) is 10.1 Å². The third-order valence-electron chi connectivity index (χ3n) is 1.28. The average Bonchev–Trinajstić information content (AvgIpc) is 2.17. The second kappa shape index (κ2) is 4.61. The van der Waals surface area contributed by atoms with Crippen LogP contribution in [0.1, 0.15) is 16.2 Å². The van der Waals surface area contributed by atoms with Gasteiger partial charge in [0.05, 0.1) is 5.69 Å². The highest BCUT2D eigenvalue weighted by Gasteiger charge is 2.04. The van der Waals surface area contributed by atoms with E-state index in [2.05, 4.69) is 4.98 Å². The molecule has 0 aliphatic carbocycles. The number of halogens is 1. The van der Waals surface area contributed by atoms with Gasteiger partial charge in [-0.15, -0.1) is 0 Å². The second-order valence-corrected chi connectivity index (χ2v) is 3.61. The molecule has 2 nitrogen and oxygen atoms in total. The zero-order valence-corrected chi connectivity index (χ0v) is 8.52. The topological polar surface area (TPSA) is 30.0 Å². The molecule has 0 atom stereocenters. The van der Waals surface area contributed by atoms with Crippen LogP contribution < -0.4 is 0 Å². The Bertz CT molecular complexity index is 294.